The second-order valence-corrected chi connectivity index (χ2v) is 4.10. The van der Waals surface area contributed by atoms with Gasteiger partial charge in [0.25, 0.3) is 0 Å². The van der Waals surface area contributed by atoms with Crippen LogP contribution in [0, 0.1) is 5.92 Å². The van der Waals surface area contributed by atoms with Gasteiger partial charge in [-0.15, -0.1) is 0 Å². The van der Waals surface area contributed by atoms with Crippen molar-refractivity contribution in [3.8, 4) is 0 Å². The van der Waals surface area contributed by atoms with Gasteiger partial charge in [-0.05, 0) is 5.92 Å². The minimum absolute atomic E-state index is 0.0840. The smallest absolute Gasteiger partial charge is 0.321 e. The number of carbonyl (C=O) groups is 2. The van der Waals surface area contributed by atoms with Crippen LogP contribution in [-0.4, -0.2) is 40.9 Å². The summed E-state index contributed by atoms with van der Waals surface area (Å²) in [6.07, 6.45) is 0.993. The number of piperidine rings is 1. The molecule has 0 amide bonds. The summed E-state index contributed by atoms with van der Waals surface area (Å²) in [4.78, 5) is 23.9. The quantitative estimate of drug-likeness (QED) is 0.729. The van der Waals surface area contributed by atoms with E-state index in [1.165, 1.54) is 0 Å². The van der Waals surface area contributed by atoms with Crippen molar-refractivity contribution in [3.05, 3.63) is 0 Å². The molecule has 1 aliphatic rings. The van der Waals surface area contributed by atoms with Crippen molar-refractivity contribution in [2.75, 3.05) is 13.1 Å². The molecule has 1 aliphatic heterocycles. The Morgan fingerprint density at radius 2 is 1.86 bits per heavy atom. The first kappa shape index (κ1) is 11.2. The fraction of sp³-hybridized carbons (Fsp3) is 0.800. The van der Waals surface area contributed by atoms with Gasteiger partial charge in [0.15, 0.2) is 0 Å². The summed E-state index contributed by atoms with van der Waals surface area (Å²) < 4.78 is 0. The van der Waals surface area contributed by atoms with Crippen LogP contribution in [-0.2, 0) is 9.59 Å². The van der Waals surface area contributed by atoms with Gasteiger partial charge in [-0.2, -0.15) is 0 Å². The van der Waals surface area contributed by atoms with Crippen molar-refractivity contribution in [2.45, 2.75) is 32.7 Å². The highest BCUT2D eigenvalue weighted by atomic mass is 16.4. The van der Waals surface area contributed by atoms with Crippen molar-refractivity contribution < 1.29 is 14.7 Å². The second kappa shape index (κ2) is 4.55. The number of carboxylic acids is 1. The molecule has 1 unspecified atom stereocenters. The summed E-state index contributed by atoms with van der Waals surface area (Å²) in [5, 5.41) is 9.04. The molecule has 4 nitrogen and oxygen atoms in total. The Kier molecular flexibility index (Phi) is 3.63. The molecule has 0 aromatic carbocycles. The van der Waals surface area contributed by atoms with E-state index >= 15 is 0 Å². The summed E-state index contributed by atoms with van der Waals surface area (Å²) in [5.74, 6) is -0.454. The molecular formula is C10H17NO3. The molecule has 1 fully saturated rings. The molecule has 0 aliphatic carbocycles. The van der Waals surface area contributed by atoms with Gasteiger partial charge in [-0.3, -0.25) is 14.5 Å². The van der Waals surface area contributed by atoms with E-state index in [4.69, 9.17) is 5.11 Å². The Morgan fingerprint density at radius 3 is 2.21 bits per heavy atom. The van der Waals surface area contributed by atoms with Crippen molar-refractivity contribution in [2.24, 2.45) is 5.92 Å². The number of aliphatic carboxylic acids is 1. The number of hydrogen-bond donors (Lipinski definition) is 1. The topological polar surface area (TPSA) is 57.6 Å². The Morgan fingerprint density at radius 1 is 1.36 bits per heavy atom. The number of hydrogen-bond acceptors (Lipinski definition) is 3. The molecule has 1 rings (SSSR count). The van der Waals surface area contributed by atoms with Crippen LogP contribution < -0.4 is 0 Å². The minimum atomic E-state index is -0.783. The molecule has 0 saturated carbocycles. The lowest BCUT2D eigenvalue weighted by atomic mass is 9.99. The van der Waals surface area contributed by atoms with Crippen molar-refractivity contribution >= 4 is 11.8 Å². The van der Waals surface area contributed by atoms with Crippen molar-refractivity contribution in [1.29, 1.82) is 0 Å². The Balaban J connectivity index is 2.61. The number of carbonyl (C=O) groups excluding carboxylic acids is 1. The predicted molar refractivity (Wildman–Crippen MR) is 52.1 cm³/mol. The number of rotatable bonds is 3. The predicted octanol–water partition coefficient (Wildman–Crippen LogP) is 0.760. The highest BCUT2D eigenvalue weighted by Gasteiger charge is 2.30. The molecule has 0 spiro atoms. The van der Waals surface area contributed by atoms with Crippen LogP contribution in [0.25, 0.3) is 0 Å². The third kappa shape index (κ3) is 2.54. The van der Waals surface area contributed by atoms with Gasteiger partial charge in [0.1, 0.15) is 11.8 Å². The first-order valence-corrected chi connectivity index (χ1v) is 5.01. The van der Waals surface area contributed by atoms with Crippen LogP contribution in [0.3, 0.4) is 0 Å². The summed E-state index contributed by atoms with van der Waals surface area (Å²) in [7, 11) is 0. The summed E-state index contributed by atoms with van der Waals surface area (Å²) in [6, 6.07) is -0.442. The lowest BCUT2D eigenvalue weighted by Gasteiger charge is -2.33. The molecule has 1 heterocycles. The van der Waals surface area contributed by atoms with Gasteiger partial charge in [-0.25, -0.2) is 0 Å². The van der Waals surface area contributed by atoms with Crippen molar-refractivity contribution in [1.82, 2.24) is 4.90 Å². The highest BCUT2D eigenvalue weighted by Crippen LogP contribution is 2.16. The number of likely N-dealkylation sites (tertiary alicyclic amines) is 1. The Bertz CT molecular complexity index is 228. The standard InChI is InChI=1S/C10H17NO3/c1-7(2)9(10(13)14)11-5-3-8(12)4-6-11/h7,9H,3-6H2,1-2H3,(H,13,14). The van der Waals surface area contributed by atoms with Crippen molar-refractivity contribution in [3.63, 3.8) is 0 Å². The maximum absolute atomic E-state index is 11.0. The van der Waals surface area contributed by atoms with Gasteiger partial charge < -0.3 is 5.11 Å². The number of carboxylic acid groups (broad SMARTS) is 1. The Labute approximate surface area is 83.9 Å². The van der Waals surface area contributed by atoms with Gasteiger partial charge in [0.05, 0.1) is 0 Å². The van der Waals surface area contributed by atoms with E-state index in [9.17, 15) is 9.59 Å². The first-order chi connectivity index (χ1) is 6.52. The lowest BCUT2D eigenvalue weighted by Crippen LogP contribution is -2.48. The van der Waals surface area contributed by atoms with Crippen LogP contribution in [0.15, 0.2) is 0 Å². The summed E-state index contributed by atoms with van der Waals surface area (Å²) in [6.45, 7) is 4.98. The summed E-state index contributed by atoms with van der Waals surface area (Å²) in [5.41, 5.74) is 0. The monoisotopic (exact) mass is 199 g/mol. The van der Waals surface area contributed by atoms with E-state index in [2.05, 4.69) is 0 Å². The van der Waals surface area contributed by atoms with E-state index < -0.39 is 12.0 Å². The summed E-state index contributed by atoms with van der Waals surface area (Å²) >= 11 is 0. The molecule has 0 radical (unpaired) electrons. The zero-order chi connectivity index (χ0) is 10.7. The average molecular weight is 199 g/mol. The number of Topliss-reactive ketones (excluding diaryl/α,β-unsaturated/α-hetero) is 1. The molecule has 1 saturated heterocycles. The van der Waals surface area contributed by atoms with Crippen LogP contribution >= 0.6 is 0 Å². The molecule has 1 N–H and O–H groups in total. The highest BCUT2D eigenvalue weighted by molar-refractivity contribution is 5.80. The molecule has 0 bridgehead atoms. The molecule has 1 atom stereocenters. The zero-order valence-corrected chi connectivity index (χ0v) is 8.69. The van der Waals surface area contributed by atoms with Crippen LogP contribution in [0.1, 0.15) is 26.7 Å². The third-order valence-corrected chi connectivity index (χ3v) is 2.63. The maximum atomic E-state index is 11.0. The molecule has 4 heteroatoms. The molecular weight excluding hydrogens is 182 g/mol. The van der Waals surface area contributed by atoms with Gasteiger partial charge >= 0.3 is 5.97 Å². The fourth-order valence-electron chi connectivity index (χ4n) is 1.91. The number of nitrogens with zero attached hydrogens (tertiary/aromatic N) is 1. The van der Waals surface area contributed by atoms with E-state index in [1.807, 2.05) is 18.7 Å². The Hall–Kier alpha value is -0.900. The second-order valence-electron chi connectivity index (χ2n) is 4.10. The van der Waals surface area contributed by atoms with Crippen LogP contribution in [0.2, 0.25) is 0 Å². The van der Waals surface area contributed by atoms with Crippen LogP contribution in [0.4, 0.5) is 0 Å². The van der Waals surface area contributed by atoms with Gasteiger partial charge in [0.2, 0.25) is 0 Å². The lowest BCUT2D eigenvalue weighted by molar-refractivity contribution is -0.146. The molecule has 0 aromatic rings. The minimum Gasteiger partial charge on any atom is -0.480 e. The van der Waals surface area contributed by atoms with E-state index in [-0.39, 0.29) is 11.7 Å². The van der Waals surface area contributed by atoms with E-state index in [0.717, 1.165) is 0 Å². The maximum Gasteiger partial charge on any atom is 0.321 e. The fourth-order valence-corrected chi connectivity index (χ4v) is 1.91. The molecule has 80 valence electrons. The SMILES string of the molecule is CC(C)C(C(=O)O)N1CCC(=O)CC1. The zero-order valence-electron chi connectivity index (χ0n) is 8.69. The van der Waals surface area contributed by atoms with Gasteiger partial charge in [-0.1, -0.05) is 13.8 Å². The number of ketones is 1. The van der Waals surface area contributed by atoms with Crippen LogP contribution in [0.5, 0.6) is 0 Å². The normalized spacial score (nSPS) is 21.2. The van der Waals surface area contributed by atoms with E-state index in [1.54, 1.807) is 0 Å². The first-order valence-electron chi connectivity index (χ1n) is 5.01. The van der Waals surface area contributed by atoms with E-state index in [0.29, 0.717) is 25.9 Å². The molecule has 14 heavy (non-hydrogen) atoms. The third-order valence-electron chi connectivity index (χ3n) is 2.63. The average Bonchev–Trinajstić information content (AvgIpc) is 2.07. The molecule has 0 aromatic heterocycles. The largest absolute Gasteiger partial charge is 0.480 e. The van der Waals surface area contributed by atoms with Gasteiger partial charge in [0, 0.05) is 25.9 Å².